The highest BCUT2D eigenvalue weighted by Crippen LogP contribution is 2.29. The maximum atomic E-state index is 10.6. The van der Waals surface area contributed by atoms with E-state index in [4.69, 9.17) is 11.6 Å². The summed E-state index contributed by atoms with van der Waals surface area (Å²) in [5, 5.41) is 14.4. The zero-order chi connectivity index (χ0) is 13.1. The zero-order valence-electron chi connectivity index (χ0n) is 9.06. The van der Waals surface area contributed by atoms with E-state index < -0.39 is 4.92 Å². The largest absolute Gasteiger partial charge is 0.355 e. The van der Waals surface area contributed by atoms with Crippen LogP contribution in [0.5, 0.6) is 0 Å². The number of nitro benzene ring substituents is 1. The number of hydrogen-bond donors (Lipinski definition) is 1. The van der Waals surface area contributed by atoms with Crippen molar-refractivity contribution in [3.63, 3.8) is 0 Å². The Hall–Kier alpha value is -1.59. The monoisotopic (exact) mass is 326 g/mol. The van der Waals surface area contributed by atoms with Gasteiger partial charge < -0.3 is 5.32 Å². The highest BCUT2D eigenvalue weighted by atomic mass is 79.9. The van der Waals surface area contributed by atoms with E-state index in [0.717, 1.165) is 11.4 Å². The fourth-order valence-electron chi connectivity index (χ4n) is 1.41. The van der Waals surface area contributed by atoms with Crippen LogP contribution in [-0.2, 0) is 0 Å². The van der Waals surface area contributed by atoms with Gasteiger partial charge in [0.25, 0.3) is 5.69 Å². The molecule has 0 atom stereocenters. The van der Waals surface area contributed by atoms with Crippen molar-refractivity contribution in [1.29, 1.82) is 0 Å². The van der Waals surface area contributed by atoms with Crippen molar-refractivity contribution in [1.82, 2.24) is 0 Å². The number of nitro groups is 1. The minimum Gasteiger partial charge on any atom is -0.355 e. The number of nitrogens with zero attached hydrogens (tertiary/aromatic N) is 1. The van der Waals surface area contributed by atoms with Crippen LogP contribution >= 0.6 is 27.5 Å². The minimum absolute atomic E-state index is 0.0449. The molecule has 2 aromatic carbocycles. The van der Waals surface area contributed by atoms with Crippen molar-refractivity contribution in [2.75, 3.05) is 5.32 Å². The molecule has 92 valence electrons. The quantitative estimate of drug-likeness (QED) is 0.653. The fraction of sp³-hybridized carbons (Fsp3) is 0. The van der Waals surface area contributed by atoms with Crippen LogP contribution in [0.4, 0.5) is 17.1 Å². The Morgan fingerprint density at radius 2 is 1.83 bits per heavy atom. The Morgan fingerprint density at radius 1 is 1.17 bits per heavy atom. The van der Waals surface area contributed by atoms with Gasteiger partial charge in [0.2, 0.25) is 0 Å². The van der Waals surface area contributed by atoms with Gasteiger partial charge in [-0.2, -0.15) is 0 Å². The highest BCUT2D eigenvalue weighted by Gasteiger charge is 2.08. The van der Waals surface area contributed by atoms with Crippen molar-refractivity contribution in [3.05, 3.63) is 62.1 Å². The molecule has 0 bridgehead atoms. The molecule has 18 heavy (non-hydrogen) atoms. The average Bonchev–Trinajstić information content (AvgIpc) is 2.34. The molecule has 6 heteroatoms. The van der Waals surface area contributed by atoms with E-state index in [-0.39, 0.29) is 5.69 Å². The maximum Gasteiger partial charge on any atom is 0.270 e. The van der Waals surface area contributed by atoms with E-state index >= 15 is 0 Å². The second-order valence-corrected chi connectivity index (χ2v) is 4.84. The number of halogens is 2. The average molecular weight is 328 g/mol. The molecule has 0 saturated carbocycles. The first-order valence-corrected chi connectivity index (χ1v) is 6.20. The smallest absolute Gasteiger partial charge is 0.270 e. The predicted octanol–water partition coefficient (Wildman–Crippen LogP) is 4.75. The summed E-state index contributed by atoms with van der Waals surface area (Å²) in [4.78, 5) is 10.2. The molecule has 0 spiro atoms. The van der Waals surface area contributed by atoms with Gasteiger partial charge >= 0.3 is 0 Å². The number of nitrogens with one attached hydrogen (secondary N) is 1. The maximum absolute atomic E-state index is 10.6. The molecule has 0 fully saturated rings. The van der Waals surface area contributed by atoms with Crippen LogP contribution in [0.15, 0.2) is 46.9 Å². The van der Waals surface area contributed by atoms with Gasteiger partial charge in [-0.3, -0.25) is 10.1 Å². The number of benzene rings is 2. The number of hydrogen-bond acceptors (Lipinski definition) is 3. The molecule has 4 nitrogen and oxygen atoms in total. The summed E-state index contributed by atoms with van der Waals surface area (Å²) >= 11 is 9.08. The van der Waals surface area contributed by atoms with Crippen molar-refractivity contribution in [2.24, 2.45) is 0 Å². The summed E-state index contributed by atoms with van der Waals surface area (Å²) in [5.41, 5.74) is 1.65. The van der Waals surface area contributed by atoms with Crippen LogP contribution in [0, 0.1) is 10.1 Å². The van der Waals surface area contributed by atoms with Crippen molar-refractivity contribution in [2.45, 2.75) is 0 Å². The topological polar surface area (TPSA) is 55.2 Å². The number of anilines is 2. The van der Waals surface area contributed by atoms with Gasteiger partial charge in [0.15, 0.2) is 0 Å². The number of non-ortho nitro benzene ring substituents is 1. The lowest BCUT2D eigenvalue weighted by Gasteiger charge is -2.08. The first-order chi connectivity index (χ1) is 8.56. The van der Waals surface area contributed by atoms with Gasteiger partial charge in [0, 0.05) is 27.3 Å². The Labute approximate surface area is 117 Å². The third-order valence-electron chi connectivity index (χ3n) is 2.29. The molecular formula is C12H8BrClN2O2. The Bertz CT molecular complexity index is 587. The molecule has 0 aromatic heterocycles. The summed E-state index contributed by atoms with van der Waals surface area (Å²) in [6, 6.07) is 11.7. The van der Waals surface area contributed by atoms with Gasteiger partial charge in [0.1, 0.15) is 0 Å². The molecule has 0 unspecified atom stereocenters. The minimum atomic E-state index is -0.434. The van der Waals surface area contributed by atoms with E-state index in [2.05, 4.69) is 21.2 Å². The highest BCUT2D eigenvalue weighted by molar-refractivity contribution is 9.10. The molecule has 0 aliphatic carbocycles. The Morgan fingerprint density at radius 3 is 2.39 bits per heavy atom. The molecule has 2 aromatic rings. The first-order valence-electron chi connectivity index (χ1n) is 5.03. The molecule has 0 radical (unpaired) electrons. The van der Waals surface area contributed by atoms with Crippen molar-refractivity contribution >= 4 is 44.6 Å². The van der Waals surface area contributed by atoms with Crippen LogP contribution in [0.3, 0.4) is 0 Å². The summed E-state index contributed by atoms with van der Waals surface area (Å²) in [6.07, 6.45) is 0. The third-order valence-corrected chi connectivity index (χ3v) is 3.19. The van der Waals surface area contributed by atoms with Gasteiger partial charge in [-0.25, -0.2) is 0 Å². The normalized spacial score (nSPS) is 10.1. The predicted molar refractivity (Wildman–Crippen MR) is 75.5 cm³/mol. The molecule has 0 amide bonds. The molecule has 0 heterocycles. The van der Waals surface area contributed by atoms with Gasteiger partial charge in [-0.15, -0.1) is 0 Å². The van der Waals surface area contributed by atoms with Crippen LogP contribution in [0.1, 0.15) is 0 Å². The fourth-order valence-corrected chi connectivity index (χ4v) is 2.00. The van der Waals surface area contributed by atoms with Gasteiger partial charge in [-0.05, 0) is 46.3 Å². The Balaban J connectivity index is 2.24. The summed E-state index contributed by atoms with van der Waals surface area (Å²) in [6.45, 7) is 0. The van der Waals surface area contributed by atoms with E-state index in [0.29, 0.717) is 9.50 Å². The third kappa shape index (κ3) is 3.00. The van der Waals surface area contributed by atoms with E-state index in [1.165, 1.54) is 12.1 Å². The lowest BCUT2D eigenvalue weighted by atomic mass is 10.2. The molecule has 1 N–H and O–H groups in total. The molecule has 0 aliphatic rings. The van der Waals surface area contributed by atoms with Crippen molar-refractivity contribution < 1.29 is 4.92 Å². The summed E-state index contributed by atoms with van der Waals surface area (Å²) < 4.78 is 0.631. The van der Waals surface area contributed by atoms with Crippen LogP contribution in [0.2, 0.25) is 5.02 Å². The van der Waals surface area contributed by atoms with Crippen LogP contribution < -0.4 is 5.32 Å². The van der Waals surface area contributed by atoms with E-state index in [9.17, 15) is 10.1 Å². The van der Waals surface area contributed by atoms with Gasteiger partial charge in [0.05, 0.1) is 10.6 Å². The van der Waals surface area contributed by atoms with Crippen LogP contribution in [-0.4, -0.2) is 4.92 Å². The molecular weight excluding hydrogens is 320 g/mol. The lowest BCUT2D eigenvalue weighted by molar-refractivity contribution is -0.384. The second kappa shape index (κ2) is 5.37. The van der Waals surface area contributed by atoms with Crippen molar-refractivity contribution in [3.8, 4) is 0 Å². The lowest BCUT2D eigenvalue weighted by Crippen LogP contribution is -1.93. The Kier molecular flexibility index (Phi) is 3.84. The van der Waals surface area contributed by atoms with E-state index in [1.54, 1.807) is 18.2 Å². The van der Waals surface area contributed by atoms with Crippen LogP contribution in [0.25, 0.3) is 0 Å². The number of rotatable bonds is 3. The second-order valence-electron chi connectivity index (χ2n) is 3.55. The molecule has 2 rings (SSSR count). The SMILES string of the molecule is O=[N+]([O-])c1ccc(Nc2ccc(Cl)cc2)c(Br)c1. The summed E-state index contributed by atoms with van der Waals surface area (Å²) in [5.74, 6) is 0. The summed E-state index contributed by atoms with van der Waals surface area (Å²) in [7, 11) is 0. The molecule has 0 saturated heterocycles. The van der Waals surface area contributed by atoms with Gasteiger partial charge in [-0.1, -0.05) is 11.6 Å². The zero-order valence-corrected chi connectivity index (χ0v) is 11.4. The van der Waals surface area contributed by atoms with E-state index in [1.807, 2.05) is 12.1 Å². The standard InChI is InChI=1S/C12H8BrClN2O2/c13-11-7-10(16(17)18)5-6-12(11)15-9-3-1-8(14)2-4-9/h1-7,15H. The molecule has 0 aliphatic heterocycles. The first kappa shape index (κ1) is 12.9.